The number of halogens is 4. The number of piperazine rings is 1. The molecule has 8 nitrogen and oxygen atoms in total. The Labute approximate surface area is 269 Å². The molecule has 2 aromatic heterocycles. The second-order valence-electron chi connectivity index (χ2n) is 14.4. The van der Waals surface area contributed by atoms with Crippen LogP contribution in [0.2, 0.25) is 0 Å². The number of aryl methyl sites for hydroxylation is 1. The maximum absolute atomic E-state index is 16.9. The van der Waals surface area contributed by atoms with Gasteiger partial charge < -0.3 is 20.1 Å². The van der Waals surface area contributed by atoms with Crippen molar-refractivity contribution in [1.82, 2.24) is 25.2 Å². The lowest BCUT2D eigenvalue weighted by molar-refractivity contribution is 0.0647. The van der Waals surface area contributed by atoms with E-state index >= 15 is 4.39 Å². The van der Waals surface area contributed by atoms with Gasteiger partial charge in [-0.15, -0.1) is 0 Å². The molecule has 246 valence electrons. The van der Waals surface area contributed by atoms with Gasteiger partial charge >= 0.3 is 6.01 Å². The number of phenolic OH excluding ortho intramolecular Hbond substituents is 1. The van der Waals surface area contributed by atoms with Crippen molar-refractivity contribution in [3.8, 4) is 23.0 Å². The van der Waals surface area contributed by atoms with Crippen molar-refractivity contribution >= 4 is 27.5 Å². The van der Waals surface area contributed by atoms with Crippen molar-refractivity contribution in [2.24, 2.45) is 5.41 Å². The maximum Gasteiger partial charge on any atom is 0.319 e. The van der Waals surface area contributed by atoms with Gasteiger partial charge in [0, 0.05) is 49.9 Å². The van der Waals surface area contributed by atoms with Gasteiger partial charge in [0.1, 0.15) is 35.2 Å². The fourth-order valence-corrected chi connectivity index (χ4v) is 9.17. The van der Waals surface area contributed by atoms with Crippen LogP contribution in [0.15, 0.2) is 30.5 Å². The van der Waals surface area contributed by atoms with E-state index in [9.17, 15) is 18.3 Å². The standard InChI is InChI=1S/C35H36F4N6O2/c1-2-23-26(36)7-4-19-10-22(46)11-24(27(19)23)29-28(37)30-25(12-40-29)31(44-13-20-5-6-21(14-44)41-20)43-32(42-30)47-18-34-8-3-9-45(34)17-33(15-34)16-35(33,38)39/h4,7,10-12,20-21,41,46H,2-3,5-6,8-9,13-18H2,1H3/t20-,21-,33+,34+/m0/s1. The summed E-state index contributed by atoms with van der Waals surface area (Å²) in [5, 5.41) is 15.7. The van der Waals surface area contributed by atoms with E-state index in [-0.39, 0.29) is 53.6 Å². The first kappa shape index (κ1) is 29.4. The summed E-state index contributed by atoms with van der Waals surface area (Å²) in [4.78, 5) is 18.2. The highest BCUT2D eigenvalue weighted by Crippen LogP contribution is 2.69. The average molecular weight is 649 g/mol. The number of hydrogen-bond acceptors (Lipinski definition) is 8. The van der Waals surface area contributed by atoms with Gasteiger partial charge in [0.05, 0.1) is 16.3 Å². The molecule has 2 N–H and O–H groups in total. The maximum atomic E-state index is 16.9. The van der Waals surface area contributed by atoms with Gasteiger partial charge in [0.15, 0.2) is 5.82 Å². The number of benzene rings is 2. The van der Waals surface area contributed by atoms with Crippen molar-refractivity contribution in [2.75, 3.05) is 37.7 Å². The highest BCUT2D eigenvalue weighted by molar-refractivity contribution is 6.01. The molecule has 2 bridgehead atoms. The third-order valence-electron chi connectivity index (χ3n) is 11.5. The molecule has 0 amide bonds. The number of hydrogen-bond donors (Lipinski definition) is 2. The summed E-state index contributed by atoms with van der Waals surface area (Å²) in [7, 11) is 0. The number of phenols is 1. The molecule has 4 saturated heterocycles. The molecule has 47 heavy (non-hydrogen) atoms. The van der Waals surface area contributed by atoms with E-state index in [0.29, 0.717) is 60.0 Å². The van der Waals surface area contributed by atoms with Crippen LogP contribution in [0, 0.1) is 17.0 Å². The molecule has 9 rings (SSSR count). The van der Waals surface area contributed by atoms with Gasteiger partial charge in [-0.05, 0) is 79.6 Å². The van der Waals surface area contributed by atoms with Crippen LogP contribution in [0.1, 0.15) is 51.0 Å². The molecule has 0 unspecified atom stereocenters. The Hall–Kier alpha value is -3.77. The summed E-state index contributed by atoms with van der Waals surface area (Å²) >= 11 is 0. The number of nitrogens with one attached hydrogen (secondary N) is 1. The Kier molecular flexibility index (Phi) is 6.32. The zero-order chi connectivity index (χ0) is 32.3. The SMILES string of the molecule is CCc1c(F)ccc2cc(O)cc(-c3ncc4c(N5C[C@@H]6CC[C@@H](C5)N6)nc(OC[C@]56CCCN5C[C@]5(CC5(F)F)C6)nc4c3F)c12. The minimum Gasteiger partial charge on any atom is -0.508 e. The lowest BCUT2D eigenvalue weighted by Gasteiger charge is -2.34. The molecular formula is C35H36F4N6O2. The summed E-state index contributed by atoms with van der Waals surface area (Å²) in [6.45, 7) is 4.42. The van der Waals surface area contributed by atoms with Gasteiger partial charge in [0.25, 0.3) is 5.92 Å². The van der Waals surface area contributed by atoms with Crippen molar-refractivity contribution < 1.29 is 27.4 Å². The van der Waals surface area contributed by atoms with E-state index in [4.69, 9.17) is 9.72 Å². The van der Waals surface area contributed by atoms with E-state index in [1.807, 2.05) is 6.92 Å². The smallest absolute Gasteiger partial charge is 0.319 e. The molecule has 6 heterocycles. The number of rotatable bonds is 6. The molecule has 1 saturated carbocycles. The molecule has 5 aliphatic rings. The van der Waals surface area contributed by atoms with Gasteiger partial charge in [-0.3, -0.25) is 9.88 Å². The minimum atomic E-state index is -2.65. The van der Waals surface area contributed by atoms with Gasteiger partial charge in [-0.1, -0.05) is 13.0 Å². The summed E-state index contributed by atoms with van der Waals surface area (Å²) in [5.74, 6) is -3.38. The summed E-state index contributed by atoms with van der Waals surface area (Å²) in [6, 6.07) is 6.39. The van der Waals surface area contributed by atoms with E-state index in [1.54, 1.807) is 12.3 Å². The van der Waals surface area contributed by atoms with Crippen LogP contribution >= 0.6 is 0 Å². The number of anilines is 1. The van der Waals surface area contributed by atoms with Crippen molar-refractivity contribution in [1.29, 1.82) is 0 Å². The number of alkyl halides is 2. The Bertz CT molecular complexity index is 1950. The van der Waals surface area contributed by atoms with E-state index < -0.39 is 28.5 Å². The van der Waals surface area contributed by atoms with E-state index in [2.05, 4.69) is 25.1 Å². The molecule has 12 heteroatoms. The van der Waals surface area contributed by atoms with Gasteiger partial charge in [0.2, 0.25) is 0 Å². The summed E-state index contributed by atoms with van der Waals surface area (Å²) in [6.07, 6.45) is 5.90. The molecule has 0 radical (unpaired) electrons. The number of ether oxygens (including phenoxy) is 1. The quantitative estimate of drug-likeness (QED) is 0.248. The Morgan fingerprint density at radius 1 is 1.09 bits per heavy atom. The van der Waals surface area contributed by atoms with Crippen LogP contribution in [-0.2, 0) is 6.42 Å². The van der Waals surface area contributed by atoms with Crippen LogP contribution in [0.25, 0.3) is 32.9 Å². The van der Waals surface area contributed by atoms with Crippen LogP contribution in [0.4, 0.5) is 23.4 Å². The second kappa shape index (κ2) is 10.1. The highest BCUT2D eigenvalue weighted by Gasteiger charge is 2.77. The molecule has 4 aliphatic heterocycles. The van der Waals surface area contributed by atoms with Crippen LogP contribution < -0.4 is 15.0 Å². The van der Waals surface area contributed by atoms with Crippen LogP contribution in [0.5, 0.6) is 11.8 Å². The number of nitrogens with zero attached hydrogens (tertiary/aromatic N) is 5. The predicted octanol–water partition coefficient (Wildman–Crippen LogP) is 5.97. The molecule has 4 aromatic rings. The molecular weight excluding hydrogens is 612 g/mol. The second-order valence-corrected chi connectivity index (χ2v) is 14.4. The first-order valence-electron chi connectivity index (χ1n) is 16.7. The zero-order valence-electron chi connectivity index (χ0n) is 26.1. The summed E-state index contributed by atoms with van der Waals surface area (Å²) in [5.41, 5.74) is -0.914. The predicted molar refractivity (Wildman–Crippen MR) is 169 cm³/mol. The average Bonchev–Trinajstić information content (AvgIpc) is 3.37. The molecule has 2 aromatic carbocycles. The molecule has 5 fully saturated rings. The van der Waals surface area contributed by atoms with E-state index in [0.717, 1.165) is 32.2 Å². The Morgan fingerprint density at radius 3 is 2.62 bits per heavy atom. The number of aromatic nitrogens is 3. The van der Waals surface area contributed by atoms with Crippen LogP contribution in [0.3, 0.4) is 0 Å². The first-order chi connectivity index (χ1) is 22.6. The molecule has 1 aliphatic carbocycles. The molecule has 1 spiro atoms. The third kappa shape index (κ3) is 4.43. The number of aromatic hydroxyl groups is 1. The third-order valence-corrected chi connectivity index (χ3v) is 11.5. The van der Waals surface area contributed by atoms with E-state index in [1.165, 1.54) is 18.2 Å². The Morgan fingerprint density at radius 2 is 1.87 bits per heavy atom. The number of fused-ring (bicyclic) bond motifs is 5. The van der Waals surface area contributed by atoms with Crippen LogP contribution in [-0.4, -0.2) is 81.3 Å². The fraction of sp³-hybridized carbons (Fsp3) is 0.514. The van der Waals surface area contributed by atoms with Gasteiger partial charge in [-0.25, -0.2) is 17.6 Å². The largest absolute Gasteiger partial charge is 0.508 e. The van der Waals surface area contributed by atoms with Crippen molar-refractivity contribution in [2.45, 2.75) is 75.4 Å². The zero-order valence-corrected chi connectivity index (χ0v) is 26.1. The van der Waals surface area contributed by atoms with Crippen molar-refractivity contribution in [3.63, 3.8) is 0 Å². The highest BCUT2D eigenvalue weighted by atomic mass is 19.3. The lowest BCUT2D eigenvalue weighted by atomic mass is 9.89. The topological polar surface area (TPSA) is 86.6 Å². The summed E-state index contributed by atoms with van der Waals surface area (Å²) < 4.78 is 67.1. The minimum absolute atomic E-state index is 0.00391. The normalized spacial score (nSPS) is 29.3. The number of pyridine rings is 1. The molecule has 4 atom stereocenters. The lowest BCUT2D eigenvalue weighted by Crippen LogP contribution is -2.51. The van der Waals surface area contributed by atoms with Crippen molar-refractivity contribution in [3.05, 3.63) is 47.7 Å². The van der Waals surface area contributed by atoms with Gasteiger partial charge in [-0.2, -0.15) is 9.97 Å². The monoisotopic (exact) mass is 648 g/mol. The fourth-order valence-electron chi connectivity index (χ4n) is 9.17. The first-order valence-corrected chi connectivity index (χ1v) is 16.7. The Balaban J connectivity index is 1.16.